The van der Waals surface area contributed by atoms with Gasteiger partial charge in [-0.3, -0.25) is 4.79 Å². The van der Waals surface area contributed by atoms with E-state index in [0.29, 0.717) is 29.8 Å². The number of hydrogen-bond acceptors (Lipinski definition) is 3. The summed E-state index contributed by atoms with van der Waals surface area (Å²) in [6, 6.07) is 4.09. The molecule has 1 unspecified atom stereocenters. The van der Waals surface area contributed by atoms with Crippen LogP contribution in [0.2, 0.25) is 0 Å². The molecule has 0 radical (unpaired) electrons. The minimum Gasteiger partial charge on any atom is -0.508 e. The molecule has 174 valence electrons. The predicted octanol–water partition coefficient (Wildman–Crippen LogP) is 7.54. The molecule has 0 aromatic heterocycles. The third-order valence-electron chi connectivity index (χ3n) is 8.04. The van der Waals surface area contributed by atoms with Crippen LogP contribution in [-0.4, -0.2) is 16.5 Å². The van der Waals surface area contributed by atoms with Gasteiger partial charge in [-0.25, -0.2) is 0 Å². The summed E-state index contributed by atoms with van der Waals surface area (Å²) in [4.78, 5) is 12.2. The van der Waals surface area contributed by atoms with Gasteiger partial charge in [-0.2, -0.15) is 0 Å². The van der Waals surface area contributed by atoms with Crippen molar-refractivity contribution in [3.63, 3.8) is 0 Å². The Kier molecular flexibility index (Phi) is 6.08. The van der Waals surface area contributed by atoms with Crippen LogP contribution in [0.25, 0.3) is 0 Å². The van der Waals surface area contributed by atoms with Gasteiger partial charge in [0.1, 0.15) is 22.9 Å². The van der Waals surface area contributed by atoms with Crippen LogP contribution in [0.5, 0.6) is 11.5 Å². The summed E-state index contributed by atoms with van der Waals surface area (Å²) in [6.45, 7) is 20.5. The van der Waals surface area contributed by atoms with Crippen molar-refractivity contribution in [1.82, 2.24) is 0 Å². The number of phenols is 1. The summed E-state index contributed by atoms with van der Waals surface area (Å²) in [5.41, 5.74) is 2.01. The second-order valence-corrected chi connectivity index (χ2v) is 13.0. The smallest absolute Gasteiger partial charge is 0.133 e. The first-order valence-corrected chi connectivity index (χ1v) is 12.1. The molecular formula is C28H44O3. The fourth-order valence-corrected chi connectivity index (χ4v) is 6.74. The number of phenolic OH excluding ortho intramolecular Hbond substituents is 1. The Balaban J connectivity index is 1.96. The maximum absolute atomic E-state index is 12.2. The fourth-order valence-electron chi connectivity index (χ4n) is 6.74. The van der Waals surface area contributed by atoms with E-state index in [1.807, 2.05) is 6.07 Å². The Bertz CT molecular complexity index is 844. The molecule has 1 fully saturated rings. The molecular weight excluding hydrogens is 384 g/mol. The van der Waals surface area contributed by atoms with E-state index in [4.69, 9.17) is 4.74 Å². The summed E-state index contributed by atoms with van der Waals surface area (Å²) >= 11 is 0. The summed E-state index contributed by atoms with van der Waals surface area (Å²) in [5, 5.41) is 11.1. The number of rotatable bonds is 6. The minimum absolute atomic E-state index is 0.0546. The molecule has 1 aliphatic carbocycles. The maximum atomic E-state index is 12.2. The topological polar surface area (TPSA) is 46.5 Å². The molecule has 1 saturated carbocycles. The Labute approximate surface area is 190 Å². The molecule has 1 aliphatic heterocycles. The highest BCUT2D eigenvalue weighted by Gasteiger charge is 2.48. The monoisotopic (exact) mass is 428 g/mol. The van der Waals surface area contributed by atoms with Gasteiger partial charge in [0.05, 0.1) is 0 Å². The number of ketones is 1. The predicted molar refractivity (Wildman–Crippen MR) is 128 cm³/mol. The van der Waals surface area contributed by atoms with Gasteiger partial charge in [-0.1, -0.05) is 54.9 Å². The quantitative estimate of drug-likeness (QED) is 0.509. The fraction of sp³-hybridized carbons (Fsp3) is 0.750. The number of Topliss-reactive ketones (excluding diaryl/α,β-unsaturated/α-hetero) is 1. The molecule has 2 aliphatic rings. The first kappa shape index (κ1) is 24.1. The Morgan fingerprint density at radius 2 is 1.71 bits per heavy atom. The molecule has 2 atom stereocenters. The SMILES string of the molecule is CCC(C)(C)CC(C)(C)CC(C)(C)c1cc(O)c2c(c1)OC(C)(C)[C@@H]1CCC(=O)CC21. The average Bonchev–Trinajstić information content (AvgIpc) is 2.58. The van der Waals surface area contributed by atoms with Crippen LogP contribution in [0, 0.1) is 16.7 Å². The number of aromatic hydroxyl groups is 1. The second kappa shape index (κ2) is 7.81. The number of carbonyl (C=O) groups is 1. The molecule has 3 heteroatoms. The highest BCUT2D eigenvalue weighted by atomic mass is 16.5. The van der Waals surface area contributed by atoms with Gasteiger partial charge in [-0.05, 0) is 67.1 Å². The van der Waals surface area contributed by atoms with E-state index in [1.54, 1.807) is 0 Å². The lowest BCUT2D eigenvalue weighted by Gasteiger charge is -2.47. The number of ether oxygens (including phenoxy) is 1. The van der Waals surface area contributed by atoms with Crippen LogP contribution < -0.4 is 4.74 Å². The van der Waals surface area contributed by atoms with E-state index < -0.39 is 0 Å². The molecule has 0 saturated heterocycles. The van der Waals surface area contributed by atoms with Crippen LogP contribution in [0.3, 0.4) is 0 Å². The van der Waals surface area contributed by atoms with Gasteiger partial charge in [0.25, 0.3) is 0 Å². The summed E-state index contributed by atoms with van der Waals surface area (Å²) in [7, 11) is 0. The lowest BCUT2D eigenvalue weighted by Crippen LogP contribution is -2.47. The van der Waals surface area contributed by atoms with Crippen molar-refractivity contribution < 1.29 is 14.6 Å². The zero-order valence-corrected chi connectivity index (χ0v) is 21.3. The van der Waals surface area contributed by atoms with Gasteiger partial charge in [0.2, 0.25) is 0 Å². The molecule has 3 nitrogen and oxygen atoms in total. The van der Waals surface area contributed by atoms with Gasteiger partial charge in [0.15, 0.2) is 0 Å². The van der Waals surface area contributed by atoms with Gasteiger partial charge in [-0.15, -0.1) is 0 Å². The van der Waals surface area contributed by atoms with Crippen LogP contribution in [0.4, 0.5) is 0 Å². The van der Waals surface area contributed by atoms with Crippen molar-refractivity contribution in [1.29, 1.82) is 0 Å². The first-order valence-electron chi connectivity index (χ1n) is 12.1. The van der Waals surface area contributed by atoms with E-state index >= 15 is 0 Å². The lowest BCUT2D eigenvalue weighted by atomic mass is 9.64. The molecule has 1 aromatic rings. The van der Waals surface area contributed by atoms with Crippen LogP contribution in [0.1, 0.15) is 118 Å². The Morgan fingerprint density at radius 1 is 1.06 bits per heavy atom. The summed E-state index contributed by atoms with van der Waals surface area (Å²) < 4.78 is 6.50. The van der Waals surface area contributed by atoms with E-state index in [-0.39, 0.29) is 28.3 Å². The molecule has 3 rings (SSSR count). The van der Waals surface area contributed by atoms with E-state index in [0.717, 1.165) is 36.1 Å². The van der Waals surface area contributed by atoms with E-state index in [1.165, 1.54) is 6.42 Å². The standard InChI is InChI=1S/C28H44O3/c1-10-25(2,3)16-26(4,5)17-27(6,7)18-13-22(30)24-20-15-19(29)11-12-21(20)28(8,9)31-23(24)14-18/h13-14,20-21,30H,10-12,15-17H2,1-9H3/t20?,21-/m1/s1. The Hall–Kier alpha value is -1.51. The van der Waals surface area contributed by atoms with Crippen LogP contribution in [-0.2, 0) is 10.2 Å². The van der Waals surface area contributed by atoms with Gasteiger partial charge in [0, 0.05) is 30.2 Å². The zero-order valence-electron chi connectivity index (χ0n) is 21.3. The largest absolute Gasteiger partial charge is 0.508 e. The molecule has 0 bridgehead atoms. The van der Waals surface area contributed by atoms with Gasteiger partial charge >= 0.3 is 0 Å². The second-order valence-electron chi connectivity index (χ2n) is 13.0. The maximum Gasteiger partial charge on any atom is 0.133 e. The minimum atomic E-state index is -0.335. The van der Waals surface area contributed by atoms with Crippen molar-refractivity contribution in [2.75, 3.05) is 0 Å². The molecule has 31 heavy (non-hydrogen) atoms. The normalized spacial score (nSPS) is 23.7. The number of fused-ring (bicyclic) bond motifs is 3. The third kappa shape index (κ3) is 4.96. The summed E-state index contributed by atoms with van der Waals surface area (Å²) in [5.74, 6) is 1.69. The van der Waals surface area contributed by atoms with Crippen LogP contribution >= 0.6 is 0 Å². The van der Waals surface area contributed by atoms with Crippen molar-refractivity contribution in [2.24, 2.45) is 16.7 Å². The van der Waals surface area contributed by atoms with Gasteiger partial charge < -0.3 is 9.84 Å². The number of carbonyl (C=O) groups excluding carboxylic acids is 1. The van der Waals surface area contributed by atoms with Crippen molar-refractivity contribution in [3.05, 3.63) is 23.3 Å². The first-order chi connectivity index (χ1) is 14.1. The van der Waals surface area contributed by atoms with Crippen molar-refractivity contribution in [3.8, 4) is 11.5 Å². The van der Waals surface area contributed by atoms with Crippen LogP contribution in [0.15, 0.2) is 12.1 Å². The lowest BCUT2D eigenvalue weighted by molar-refractivity contribution is -0.124. The van der Waals surface area contributed by atoms with Crippen molar-refractivity contribution >= 4 is 5.78 Å². The molecule has 0 amide bonds. The molecule has 0 spiro atoms. The molecule has 1 N–H and O–H groups in total. The molecule has 1 aromatic carbocycles. The molecule has 1 heterocycles. The summed E-state index contributed by atoms with van der Waals surface area (Å²) in [6.07, 6.45) is 5.32. The highest BCUT2D eigenvalue weighted by Crippen LogP contribution is 2.55. The van der Waals surface area contributed by atoms with E-state index in [9.17, 15) is 9.90 Å². The zero-order chi connectivity index (χ0) is 23.4. The van der Waals surface area contributed by atoms with Crippen molar-refractivity contribution in [2.45, 2.75) is 118 Å². The highest BCUT2D eigenvalue weighted by molar-refractivity contribution is 5.81. The van der Waals surface area contributed by atoms with E-state index in [2.05, 4.69) is 68.4 Å². The Morgan fingerprint density at radius 3 is 2.32 bits per heavy atom. The number of benzene rings is 1. The number of hydrogen-bond donors (Lipinski definition) is 1. The third-order valence-corrected chi connectivity index (χ3v) is 8.04. The average molecular weight is 429 g/mol.